The van der Waals surface area contributed by atoms with Crippen molar-refractivity contribution in [3.63, 3.8) is 0 Å². The Morgan fingerprint density at radius 2 is 1.97 bits per heavy atom. The summed E-state index contributed by atoms with van der Waals surface area (Å²) >= 11 is 12.2. The second kappa shape index (κ2) is 8.91. The Morgan fingerprint density at radius 3 is 2.71 bits per heavy atom. The first-order valence-electron chi connectivity index (χ1n) is 10.3. The van der Waals surface area contributed by atoms with Crippen LogP contribution in [0.1, 0.15) is 37.7 Å². The first kappa shape index (κ1) is 21.7. The van der Waals surface area contributed by atoms with Crippen LogP contribution in [0, 0.1) is 0 Å². The van der Waals surface area contributed by atoms with E-state index in [1.54, 1.807) is 24.3 Å². The second-order valence-corrected chi connectivity index (χ2v) is 8.51. The van der Waals surface area contributed by atoms with Crippen LogP contribution in [-0.2, 0) is 10.5 Å². The van der Waals surface area contributed by atoms with E-state index in [4.69, 9.17) is 23.2 Å². The van der Waals surface area contributed by atoms with Gasteiger partial charge in [-0.3, -0.25) is 9.69 Å². The summed E-state index contributed by atoms with van der Waals surface area (Å²) in [6.45, 7) is 0.367. The molecule has 8 heteroatoms. The van der Waals surface area contributed by atoms with E-state index in [0.29, 0.717) is 23.7 Å². The van der Waals surface area contributed by atoms with Gasteiger partial charge in [-0.25, -0.2) is 4.79 Å². The highest BCUT2D eigenvalue weighted by molar-refractivity contribution is 6.42. The third kappa shape index (κ3) is 4.15. The second-order valence-electron chi connectivity index (χ2n) is 7.70. The summed E-state index contributed by atoms with van der Waals surface area (Å²) in [4.78, 5) is 27.3. The third-order valence-corrected chi connectivity index (χ3v) is 6.40. The van der Waals surface area contributed by atoms with Crippen LogP contribution in [0.5, 0.6) is 0 Å². The molecule has 2 aromatic carbocycles. The molecule has 31 heavy (non-hydrogen) atoms. The molecule has 1 atom stereocenters. The Kier molecular flexibility index (Phi) is 6.23. The van der Waals surface area contributed by atoms with E-state index in [1.807, 2.05) is 0 Å². The van der Waals surface area contributed by atoms with Gasteiger partial charge in [0.05, 0.1) is 21.4 Å². The number of halogens is 2. The number of allylic oxidation sites excluding steroid dienone is 1. The van der Waals surface area contributed by atoms with E-state index in [1.165, 1.54) is 30.2 Å². The number of carbonyl (C=O) groups excluding carboxylic acids is 2. The van der Waals surface area contributed by atoms with E-state index < -0.39 is 17.7 Å². The molecular formula is C23H23Cl2N3O3. The zero-order valence-corrected chi connectivity index (χ0v) is 18.3. The van der Waals surface area contributed by atoms with Crippen LogP contribution in [0.15, 0.2) is 54.1 Å². The van der Waals surface area contributed by atoms with E-state index >= 15 is 0 Å². The molecule has 4 rings (SSSR count). The molecule has 0 bridgehead atoms. The van der Waals surface area contributed by atoms with Gasteiger partial charge < -0.3 is 15.7 Å². The smallest absolute Gasteiger partial charge is 0.329 e. The van der Waals surface area contributed by atoms with Crippen molar-refractivity contribution in [3.8, 4) is 0 Å². The number of rotatable bonds is 5. The topological polar surface area (TPSA) is 81.7 Å². The molecule has 3 N–H and O–H groups in total. The van der Waals surface area contributed by atoms with Crippen LogP contribution in [-0.4, -0.2) is 23.6 Å². The number of carbonyl (C=O) groups is 2. The lowest BCUT2D eigenvalue weighted by atomic mass is 9.94. The lowest BCUT2D eigenvalue weighted by molar-refractivity contribution is -0.140. The standard InChI is InChI=1S/C23H23Cl2N3O3/c24-18-11-10-16(14-19(18)25)28-22(30)27-20-9-5-4-8-17(20)23(28,31)21(29)26-13-12-15-6-2-1-3-7-15/h4-6,8-11,14,31H,1-3,7,12-13H2,(H,26,29)(H,27,30)/t23-/m1/s1. The predicted molar refractivity (Wildman–Crippen MR) is 122 cm³/mol. The van der Waals surface area contributed by atoms with Gasteiger partial charge in [-0.15, -0.1) is 0 Å². The minimum Gasteiger partial charge on any atom is -0.359 e. The maximum absolute atomic E-state index is 13.3. The zero-order chi connectivity index (χ0) is 22.0. The van der Waals surface area contributed by atoms with Crippen molar-refractivity contribution < 1.29 is 14.7 Å². The highest BCUT2D eigenvalue weighted by atomic mass is 35.5. The normalized spacial score (nSPS) is 20.5. The van der Waals surface area contributed by atoms with E-state index in [2.05, 4.69) is 16.7 Å². The highest BCUT2D eigenvalue weighted by Gasteiger charge is 2.51. The van der Waals surface area contributed by atoms with Crippen molar-refractivity contribution in [2.75, 3.05) is 16.8 Å². The van der Waals surface area contributed by atoms with Gasteiger partial charge in [0.2, 0.25) is 0 Å². The summed E-state index contributed by atoms with van der Waals surface area (Å²) in [5.41, 5.74) is -0.0565. The molecule has 162 valence electrons. The largest absolute Gasteiger partial charge is 0.359 e. The Morgan fingerprint density at radius 1 is 1.16 bits per heavy atom. The third-order valence-electron chi connectivity index (χ3n) is 5.67. The number of benzene rings is 2. The first-order valence-corrected chi connectivity index (χ1v) is 11.0. The van der Waals surface area contributed by atoms with Crippen LogP contribution >= 0.6 is 23.2 Å². The van der Waals surface area contributed by atoms with E-state index in [0.717, 1.165) is 24.2 Å². The molecule has 2 aliphatic rings. The molecule has 3 amide bonds. The molecule has 0 saturated heterocycles. The average molecular weight is 460 g/mol. The summed E-state index contributed by atoms with van der Waals surface area (Å²) in [5.74, 6) is -0.683. The highest BCUT2D eigenvalue weighted by Crippen LogP contribution is 2.41. The number of nitrogens with one attached hydrogen (secondary N) is 2. The van der Waals surface area contributed by atoms with Crippen molar-refractivity contribution in [2.45, 2.75) is 37.8 Å². The predicted octanol–water partition coefficient (Wildman–Crippen LogP) is 5.20. The van der Waals surface area contributed by atoms with Crippen molar-refractivity contribution in [1.29, 1.82) is 0 Å². The van der Waals surface area contributed by atoms with Crippen LogP contribution in [0.3, 0.4) is 0 Å². The minimum atomic E-state index is -2.25. The van der Waals surface area contributed by atoms with Crippen molar-refractivity contribution in [3.05, 3.63) is 69.7 Å². The van der Waals surface area contributed by atoms with Gasteiger partial charge in [0, 0.05) is 12.1 Å². The fraction of sp³-hybridized carbons (Fsp3) is 0.304. The molecule has 1 heterocycles. The van der Waals surface area contributed by atoms with Gasteiger partial charge in [0.1, 0.15) is 0 Å². The van der Waals surface area contributed by atoms with Gasteiger partial charge in [0.15, 0.2) is 0 Å². The van der Waals surface area contributed by atoms with Gasteiger partial charge in [-0.05, 0) is 56.4 Å². The van der Waals surface area contributed by atoms with E-state index in [9.17, 15) is 14.7 Å². The number of nitrogens with zero attached hydrogens (tertiary/aromatic N) is 1. The number of amides is 3. The van der Waals surface area contributed by atoms with E-state index in [-0.39, 0.29) is 16.3 Å². The molecule has 2 aromatic rings. The fourth-order valence-electron chi connectivity index (χ4n) is 4.08. The molecule has 0 aromatic heterocycles. The quantitative estimate of drug-likeness (QED) is 0.537. The molecule has 1 aliphatic carbocycles. The molecule has 0 fully saturated rings. The summed E-state index contributed by atoms with van der Waals surface area (Å²) in [7, 11) is 0. The monoisotopic (exact) mass is 459 g/mol. The summed E-state index contributed by atoms with van der Waals surface area (Å²) in [6, 6.07) is 10.5. The molecule has 1 aliphatic heterocycles. The number of anilines is 2. The Balaban J connectivity index is 1.68. The number of urea groups is 1. The zero-order valence-electron chi connectivity index (χ0n) is 16.8. The molecule has 0 spiro atoms. The summed E-state index contributed by atoms with van der Waals surface area (Å²) in [5, 5.41) is 17.8. The summed E-state index contributed by atoms with van der Waals surface area (Å²) in [6.07, 6.45) is 7.37. The minimum absolute atomic E-state index is 0.206. The van der Waals surface area contributed by atoms with Crippen LogP contribution < -0.4 is 15.5 Å². The molecule has 0 radical (unpaired) electrons. The number of hydrogen-bond donors (Lipinski definition) is 3. The number of para-hydroxylation sites is 1. The SMILES string of the molecule is O=C1Nc2ccccc2[C@@](O)(C(=O)NCCC2=CCCCC2)N1c1ccc(Cl)c(Cl)c1. The average Bonchev–Trinajstić information content (AvgIpc) is 2.77. The lowest BCUT2D eigenvalue weighted by Crippen LogP contribution is -2.62. The van der Waals surface area contributed by atoms with Crippen molar-refractivity contribution >= 4 is 46.5 Å². The van der Waals surface area contributed by atoms with Gasteiger partial charge in [-0.1, -0.05) is 53.1 Å². The maximum atomic E-state index is 13.3. The van der Waals surface area contributed by atoms with Crippen LogP contribution in [0.25, 0.3) is 0 Å². The summed E-state index contributed by atoms with van der Waals surface area (Å²) < 4.78 is 0. The first-order chi connectivity index (χ1) is 14.9. The number of aliphatic hydroxyl groups is 1. The Hall–Kier alpha value is -2.54. The van der Waals surface area contributed by atoms with Crippen LogP contribution in [0.2, 0.25) is 10.0 Å². The molecular weight excluding hydrogens is 437 g/mol. The molecule has 0 saturated carbocycles. The number of hydrogen-bond acceptors (Lipinski definition) is 3. The molecule has 0 unspecified atom stereocenters. The maximum Gasteiger partial charge on any atom is 0.329 e. The van der Waals surface area contributed by atoms with Gasteiger partial charge >= 0.3 is 6.03 Å². The molecule has 6 nitrogen and oxygen atoms in total. The van der Waals surface area contributed by atoms with Crippen molar-refractivity contribution in [1.82, 2.24) is 5.32 Å². The van der Waals surface area contributed by atoms with Crippen LogP contribution in [0.4, 0.5) is 16.2 Å². The fourth-order valence-corrected chi connectivity index (χ4v) is 4.37. The lowest BCUT2D eigenvalue weighted by Gasteiger charge is -2.42. The van der Waals surface area contributed by atoms with Gasteiger partial charge in [-0.2, -0.15) is 0 Å². The Labute approximate surface area is 190 Å². The Bertz CT molecular complexity index is 1060. The van der Waals surface area contributed by atoms with Crippen molar-refractivity contribution in [2.24, 2.45) is 0 Å². The van der Waals surface area contributed by atoms with Gasteiger partial charge in [0.25, 0.3) is 11.6 Å². The number of fused-ring (bicyclic) bond motifs is 1.